The third-order valence-corrected chi connectivity index (χ3v) is 7.49. The summed E-state index contributed by atoms with van der Waals surface area (Å²) in [6.45, 7) is -0.353. The van der Waals surface area contributed by atoms with Gasteiger partial charge in [-0.3, -0.25) is 14.5 Å². The molecule has 1 spiro atoms. The molecule has 0 radical (unpaired) electrons. The summed E-state index contributed by atoms with van der Waals surface area (Å²) in [5, 5.41) is 6.40. The molecule has 0 saturated carbocycles. The number of hydrogen-bond donors (Lipinski definition) is 2. The molecule has 2 aliphatic rings. The number of anilines is 1. The van der Waals surface area contributed by atoms with Gasteiger partial charge < -0.3 is 10.6 Å². The van der Waals surface area contributed by atoms with Crippen molar-refractivity contribution < 1.29 is 14.4 Å². The normalized spacial score (nSPS) is 19.1. The fraction of sp³-hybridized carbons (Fsp3) is 0.192. The van der Waals surface area contributed by atoms with Crippen LogP contribution < -0.4 is 10.6 Å². The number of amides is 4. The van der Waals surface area contributed by atoms with Gasteiger partial charge in [0.1, 0.15) is 12.1 Å². The molecule has 5 rings (SSSR count). The Morgan fingerprint density at radius 1 is 1.03 bits per heavy atom. The van der Waals surface area contributed by atoms with E-state index < -0.39 is 17.5 Å². The van der Waals surface area contributed by atoms with Crippen molar-refractivity contribution in [1.82, 2.24) is 10.2 Å². The molecule has 1 heterocycles. The summed E-state index contributed by atoms with van der Waals surface area (Å²) in [4.78, 5) is 42.0. The second kappa shape index (κ2) is 9.16. The smallest absolute Gasteiger partial charge is 0.323 e. The molecule has 34 heavy (non-hydrogen) atoms. The molecule has 6 nitrogen and oxygen atoms in total. The van der Waals surface area contributed by atoms with Crippen molar-refractivity contribution in [1.29, 1.82) is 0 Å². The minimum absolute atomic E-state index is 0.353. The van der Waals surface area contributed by atoms with Crippen LogP contribution >= 0.6 is 23.4 Å². The van der Waals surface area contributed by atoms with E-state index in [1.54, 1.807) is 6.07 Å². The van der Waals surface area contributed by atoms with Crippen LogP contribution in [-0.2, 0) is 21.5 Å². The summed E-state index contributed by atoms with van der Waals surface area (Å²) in [6, 6.07) is 22.0. The lowest BCUT2D eigenvalue weighted by Gasteiger charge is -2.33. The van der Waals surface area contributed by atoms with Crippen LogP contribution in [0.3, 0.4) is 0 Å². The highest BCUT2D eigenvalue weighted by molar-refractivity contribution is 7.99. The summed E-state index contributed by atoms with van der Waals surface area (Å²) >= 11 is 7.46. The standard InChI is InChI=1S/C26H22ClN3O3S/c27-18-11-13-19(14-12-18)34-22-10-4-3-9-21(22)28-23(31)16-30-24(32)26(29-25(30)33)15-5-7-17-6-1-2-8-20(17)26/h1-4,6,8-14H,5,7,15-16H2,(H,28,31)(H,29,33). The maximum absolute atomic E-state index is 13.4. The first kappa shape index (κ1) is 22.5. The summed E-state index contributed by atoms with van der Waals surface area (Å²) < 4.78 is 0. The van der Waals surface area contributed by atoms with Gasteiger partial charge in [-0.25, -0.2) is 4.79 Å². The number of carbonyl (C=O) groups is 3. The largest absolute Gasteiger partial charge is 0.325 e. The summed E-state index contributed by atoms with van der Waals surface area (Å²) in [5.74, 6) is -0.808. The van der Waals surface area contributed by atoms with Crippen LogP contribution in [0.4, 0.5) is 10.5 Å². The van der Waals surface area contributed by atoms with Crippen molar-refractivity contribution in [3.63, 3.8) is 0 Å². The predicted octanol–water partition coefficient (Wildman–Crippen LogP) is 5.21. The predicted molar refractivity (Wildman–Crippen MR) is 132 cm³/mol. The number of imide groups is 1. The topological polar surface area (TPSA) is 78.5 Å². The monoisotopic (exact) mass is 491 g/mol. The van der Waals surface area contributed by atoms with E-state index in [1.807, 2.05) is 66.7 Å². The van der Waals surface area contributed by atoms with E-state index in [-0.39, 0.29) is 12.5 Å². The Morgan fingerprint density at radius 3 is 2.59 bits per heavy atom. The van der Waals surface area contributed by atoms with Gasteiger partial charge in [0.05, 0.1) is 5.69 Å². The second-order valence-electron chi connectivity index (χ2n) is 8.34. The van der Waals surface area contributed by atoms with Crippen molar-refractivity contribution in [2.75, 3.05) is 11.9 Å². The number of carbonyl (C=O) groups excluding carboxylic acids is 3. The Balaban J connectivity index is 1.32. The lowest BCUT2D eigenvalue weighted by molar-refractivity contribution is -0.134. The van der Waals surface area contributed by atoms with Gasteiger partial charge in [-0.2, -0.15) is 0 Å². The average molecular weight is 492 g/mol. The van der Waals surface area contributed by atoms with Crippen LogP contribution in [0, 0.1) is 0 Å². The van der Waals surface area contributed by atoms with E-state index in [4.69, 9.17) is 11.6 Å². The lowest BCUT2D eigenvalue weighted by Crippen LogP contribution is -2.47. The Labute approximate surface area is 206 Å². The van der Waals surface area contributed by atoms with Crippen LogP contribution in [0.5, 0.6) is 0 Å². The van der Waals surface area contributed by atoms with Gasteiger partial charge in [0.2, 0.25) is 5.91 Å². The Bertz CT molecular complexity index is 1280. The Kier molecular flexibility index (Phi) is 6.06. The van der Waals surface area contributed by atoms with Gasteiger partial charge in [0.25, 0.3) is 5.91 Å². The van der Waals surface area contributed by atoms with Gasteiger partial charge >= 0.3 is 6.03 Å². The third kappa shape index (κ3) is 4.17. The van der Waals surface area contributed by atoms with E-state index in [9.17, 15) is 14.4 Å². The SMILES string of the molecule is O=C(CN1C(=O)NC2(CCCc3ccccc32)C1=O)Nc1ccccc1Sc1ccc(Cl)cc1. The number of urea groups is 1. The summed E-state index contributed by atoms with van der Waals surface area (Å²) in [7, 11) is 0. The third-order valence-electron chi connectivity index (χ3n) is 6.16. The van der Waals surface area contributed by atoms with Crippen molar-refractivity contribution in [3.05, 3.63) is 88.9 Å². The van der Waals surface area contributed by atoms with Gasteiger partial charge in [0.15, 0.2) is 0 Å². The molecule has 1 unspecified atom stereocenters. The minimum Gasteiger partial charge on any atom is -0.323 e. The van der Waals surface area contributed by atoms with Crippen molar-refractivity contribution >= 4 is 46.9 Å². The molecular weight excluding hydrogens is 470 g/mol. The van der Waals surface area contributed by atoms with Crippen molar-refractivity contribution in [2.45, 2.75) is 34.6 Å². The number of nitrogens with one attached hydrogen (secondary N) is 2. The highest BCUT2D eigenvalue weighted by Crippen LogP contribution is 2.40. The zero-order valence-electron chi connectivity index (χ0n) is 18.2. The molecular formula is C26H22ClN3O3S. The lowest BCUT2D eigenvalue weighted by atomic mass is 9.76. The van der Waals surface area contributed by atoms with Crippen LogP contribution in [0.2, 0.25) is 5.02 Å². The maximum Gasteiger partial charge on any atom is 0.325 e. The van der Waals surface area contributed by atoms with E-state index in [0.29, 0.717) is 17.1 Å². The molecule has 0 bridgehead atoms. The van der Waals surface area contributed by atoms with Gasteiger partial charge in [-0.15, -0.1) is 0 Å². The number of hydrogen-bond acceptors (Lipinski definition) is 4. The molecule has 1 atom stereocenters. The molecule has 1 fully saturated rings. The minimum atomic E-state index is -1.09. The molecule has 172 valence electrons. The van der Waals surface area contributed by atoms with E-state index in [1.165, 1.54) is 11.8 Å². The molecule has 1 aliphatic heterocycles. The fourth-order valence-electron chi connectivity index (χ4n) is 4.58. The zero-order valence-corrected chi connectivity index (χ0v) is 19.8. The molecule has 3 aromatic rings. The number of halogens is 1. The summed E-state index contributed by atoms with van der Waals surface area (Å²) in [6.07, 6.45) is 2.18. The molecule has 1 aliphatic carbocycles. The van der Waals surface area contributed by atoms with Crippen molar-refractivity contribution in [3.8, 4) is 0 Å². The van der Waals surface area contributed by atoms with E-state index in [2.05, 4.69) is 10.6 Å². The summed E-state index contributed by atoms with van der Waals surface area (Å²) in [5.41, 5.74) is 1.40. The van der Waals surface area contributed by atoms with Crippen LogP contribution in [0.25, 0.3) is 0 Å². The van der Waals surface area contributed by atoms with Crippen LogP contribution in [0.15, 0.2) is 82.6 Å². The number of aryl methyl sites for hydroxylation is 1. The second-order valence-corrected chi connectivity index (χ2v) is 9.89. The molecule has 4 amide bonds. The number of fused-ring (bicyclic) bond motifs is 2. The molecule has 8 heteroatoms. The zero-order chi connectivity index (χ0) is 23.7. The molecule has 0 aromatic heterocycles. The van der Waals surface area contributed by atoms with Crippen molar-refractivity contribution in [2.24, 2.45) is 0 Å². The fourth-order valence-corrected chi connectivity index (χ4v) is 5.60. The highest BCUT2D eigenvalue weighted by atomic mass is 35.5. The first-order valence-corrected chi connectivity index (χ1v) is 12.2. The number of benzene rings is 3. The number of nitrogens with zero attached hydrogens (tertiary/aromatic N) is 1. The Morgan fingerprint density at radius 2 is 1.76 bits per heavy atom. The van der Waals surface area contributed by atoms with Gasteiger partial charge in [-0.05, 0) is 66.8 Å². The number of para-hydroxylation sites is 1. The first-order chi connectivity index (χ1) is 16.5. The maximum atomic E-state index is 13.4. The van der Waals surface area contributed by atoms with Crippen LogP contribution in [0.1, 0.15) is 24.0 Å². The molecule has 1 saturated heterocycles. The Hall–Kier alpha value is -3.29. The molecule has 3 aromatic carbocycles. The molecule has 2 N–H and O–H groups in total. The first-order valence-electron chi connectivity index (χ1n) is 11.0. The highest BCUT2D eigenvalue weighted by Gasteiger charge is 2.54. The average Bonchev–Trinajstić information content (AvgIpc) is 3.06. The van der Waals surface area contributed by atoms with Crippen LogP contribution in [-0.4, -0.2) is 29.3 Å². The van der Waals surface area contributed by atoms with Gasteiger partial charge in [-0.1, -0.05) is 59.8 Å². The van der Waals surface area contributed by atoms with Gasteiger partial charge in [0, 0.05) is 14.8 Å². The quantitative estimate of drug-likeness (QED) is 0.480. The van der Waals surface area contributed by atoms with E-state index >= 15 is 0 Å². The number of rotatable bonds is 5. The van der Waals surface area contributed by atoms with E-state index in [0.717, 1.165) is 38.7 Å².